The third kappa shape index (κ3) is 5.24. The lowest BCUT2D eigenvalue weighted by molar-refractivity contribution is -0.134. The molecular weight excluding hydrogens is 380 g/mol. The van der Waals surface area contributed by atoms with Crippen LogP contribution in [0.25, 0.3) is 0 Å². The number of carbonyl (C=O) groups excluding carboxylic acids is 1. The molecule has 0 aliphatic heterocycles. The maximum atomic E-state index is 13.3. The maximum absolute atomic E-state index is 13.3. The van der Waals surface area contributed by atoms with Crippen LogP contribution < -0.4 is 10.4 Å². The second-order valence-electron chi connectivity index (χ2n) is 8.16. The van der Waals surface area contributed by atoms with Crippen molar-refractivity contribution in [2.45, 2.75) is 52.0 Å². The Morgan fingerprint density at radius 3 is 1.83 bits per heavy atom. The van der Waals surface area contributed by atoms with E-state index in [0.717, 1.165) is 29.3 Å². The minimum absolute atomic E-state index is 0.215. The van der Waals surface area contributed by atoms with Gasteiger partial charge in [-0.05, 0) is 28.3 Å². The largest absolute Gasteiger partial charge is 0.506 e. The zero-order valence-electron chi connectivity index (χ0n) is 17.6. The van der Waals surface area contributed by atoms with E-state index >= 15 is 0 Å². The molecule has 5 heteroatoms. The summed E-state index contributed by atoms with van der Waals surface area (Å²) in [5.41, 5.74) is 0.215. The van der Waals surface area contributed by atoms with E-state index in [2.05, 4.69) is 20.8 Å². The van der Waals surface area contributed by atoms with Crippen LogP contribution in [0.5, 0.6) is 0 Å². The zero-order chi connectivity index (χ0) is 21.5. The Labute approximate surface area is 174 Å². The van der Waals surface area contributed by atoms with E-state index in [1.807, 2.05) is 67.6 Å². The van der Waals surface area contributed by atoms with Gasteiger partial charge in [0.2, 0.25) is 0 Å². The number of hydrogen-bond donors (Lipinski definition) is 1. The van der Waals surface area contributed by atoms with Gasteiger partial charge in [0.15, 0.2) is 0 Å². The van der Waals surface area contributed by atoms with E-state index in [-0.39, 0.29) is 10.6 Å². The van der Waals surface area contributed by atoms with Crippen LogP contribution in [-0.2, 0) is 14.0 Å². The molecule has 0 aliphatic rings. The summed E-state index contributed by atoms with van der Waals surface area (Å²) >= 11 is 0. The summed E-state index contributed by atoms with van der Waals surface area (Å²) < 4.78 is 6.40. The van der Waals surface area contributed by atoms with Crippen molar-refractivity contribution in [2.75, 3.05) is 0 Å². The van der Waals surface area contributed by atoms with Crippen LogP contribution in [0, 0.1) is 0 Å². The Bertz CT molecular complexity index is 812. The van der Waals surface area contributed by atoms with Gasteiger partial charge in [0, 0.05) is 11.6 Å². The molecular formula is C24H30O4Si. The molecule has 0 saturated carbocycles. The van der Waals surface area contributed by atoms with Crippen LogP contribution in [0.4, 0.5) is 0 Å². The number of benzene rings is 2. The Morgan fingerprint density at radius 1 is 0.966 bits per heavy atom. The predicted octanol–water partition coefficient (Wildman–Crippen LogP) is 4.29. The van der Waals surface area contributed by atoms with Crippen molar-refractivity contribution in [3.05, 3.63) is 72.3 Å². The highest BCUT2D eigenvalue weighted by Crippen LogP contribution is 2.37. The molecule has 0 spiro atoms. The summed E-state index contributed by atoms with van der Waals surface area (Å²) in [5, 5.41) is 10.9. The molecule has 0 atom stereocenters. The van der Waals surface area contributed by atoms with Gasteiger partial charge in [-0.3, -0.25) is 0 Å². The average molecular weight is 411 g/mol. The van der Waals surface area contributed by atoms with Gasteiger partial charge in [0.25, 0.3) is 0 Å². The summed E-state index contributed by atoms with van der Waals surface area (Å²) in [5.74, 6) is -1.66. The second-order valence-corrected chi connectivity index (χ2v) is 12.4. The number of carboxylic acids is 1. The fourth-order valence-electron chi connectivity index (χ4n) is 3.60. The van der Waals surface area contributed by atoms with Crippen LogP contribution >= 0.6 is 0 Å². The Balaban J connectivity index is 2.64. The van der Waals surface area contributed by atoms with Crippen molar-refractivity contribution in [1.29, 1.82) is 0 Å². The van der Waals surface area contributed by atoms with Crippen molar-refractivity contribution < 1.29 is 19.1 Å². The molecule has 0 aliphatic carbocycles. The molecule has 0 radical (unpaired) electrons. The summed E-state index contributed by atoms with van der Waals surface area (Å²) in [7, 11) is -3.05. The highest BCUT2D eigenvalue weighted by atomic mass is 28.4. The van der Waals surface area contributed by atoms with Crippen molar-refractivity contribution in [3.63, 3.8) is 0 Å². The number of carboxylic acid groups (broad SMARTS) is 1. The van der Waals surface area contributed by atoms with Crippen molar-refractivity contribution in [1.82, 2.24) is 0 Å². The lowest BCUT2D eigenvalue weighted by Crippen LogP contribution is -2.67. The molecule has 0 amide bonds. The summed E-state index contributed by atoms with van der Waals surface area (Å²) in [6, 6.07) is 19.7. The van der Waals surface area contributed by atoms with E-state index in [0.29, 0.717) is 6.42 Å². The van der Waals surface area contributed by atoms with Crippen molar-refractivity contribution >= 4 is 30.6 Å². The SMILES string of the molecule is CCCC/C(=C/C(=O)O)C(=O)O[Si](c1ccccc1)(c1ccccc1)C(C)(C)C. The standard InChI is InChI=1S/C24H30O4Si/c1-5-6-13-19(18-22(25)26)23(27)28-29(24(2,3)4,20-14-9-7-10-15-20)21-16-11-8-12-17-21/h7-12,14-18H,5-6,13H2,1-4H3,(H,25,26)/b19-18-. The number of rotatable bonds is 8. The van der Waals surface area contributed by atoms with Gasteiger partial charge >= 0.3 is 20.3 Å². The number of aliphatic carboxylic acids is 1. The zero-order valence-corrected chi connectivity index (χ0v) is 18.6. The van der Waals surface area contributed by atoms with E-state index in [1.54, 1.807) is 0 Å². The molecule has 0 bridgehead atoms. The second kappa shape index (κ2) is 9.70. The average Bonchev–Trinajstić information content (AvgIpc) is 2.69. The number of unbranched alkanes of at least 4 members (excludes halogenated alkanes) is 1. The topological polar surface area (TPSA) is 63.6 Å². The molecule has 29 heavy (non-hydrogen) atoms. The summed E-state index contributed by atoms with van der Waals surface area (Å²) in [6.07, 6.45) is 2.98. The van der Waals surface area contributed by atoms with Crippen molar-refractivity contribution in [3.8, 4) is 0 Å². The molecule has 0 saturated heterocycles. The molecule has 2 aromatic carbocycles. The number of carbonyl (C=O) groups is 2. The van der Waals surface area contributed by atoms with Crippen molar-refractivity contribution in [2.24, 2.45) is 0 Å². The predicted molar refractivity (Wildman–Crippen MR) is 119 cm³/mol. The molecule has 0 heterocycles. The third-order valence-corrected chi connectivity index (χ3v) is 9.92. The summed E-state index contributed by atoms with van der Waals surface area (Å²) in [4.78, 5) is 24.6. The van der Waals surface area contributed by atoms with E-state index in [9.17, 15) is 14.7 Å². The first kappa shape index (κ1) is 22.6. The van der Waals surface area contributed by atoms with Gasteiger partial charge in [-0.2, -0.15) is 0 Å². The molecule has 0 fully saturated rings. The quantitative estimate of drug-likeness (QED) is 0.521. The molecule has 4 nitrogen and oxygen atoms in total. The van der Waals surface area contributed by atoms with E-state index in [4.69, 9.17) is 4.43 Å². The first-order valence-electron chi connectivity index (χ1n) is 10.00. The van der Waals surface area contributed by atoms with Gasteiger partial charge in [-0.15, -0.1) is 0 Å². The Morgan fingerprint density at radius 2 is 1.45 bits per heavy atom. The Kier molecular flexibility index (Phi) is 7.57. The molecule has 0 aromatic heterocycles. The van der Waals surface area contributed by atoms with Gasteiger partial charge < -0.3 is 9.53 Å². The molecule has 0 unspecified atom stereocenters. The first-order valence-corrected chi connectivity index (χ1v) is 11.9. The van der Waals surface area contributed by atoms with Crippen LogP contribution in [0.2, 0.25) is 5.04 Å². The van der Waals surface area contributed by atoms with Crippen LogP contribution in [0.15, 0.2) is 72.3 Å². The van der Waals surface area contributed by atoms with Crippen LogP contribution in [0.3, 0.4) is 0 Å². The van der Waals surface area contributed by atoms with Gasteiger partial charge in [-0.1, -0.05) is 94.8 Å². The lowest BCUT2D eigenvalue weighted by Gasteiger charge is -2.42. The molecule has 2 aromatic rings. The fraction of sp³-hybridized carbons (Fsp3) is 0.333. The van der Waals surface area contributed by atoms with Crippen LogP contribution in [-0.4, -0.2) is 25.4 Å². The number of hydrogen-bond acceptors (Lipinski definition) is 3. The Hall–Kier alpha value is -2.66. The van der Waals surface area contributed by atoms with E-state index in [1.165, 1.54) is 0 Å². The van der Waals surface area contributed by atoms with Crippen LogP contribution in [0.1, 0.15) is 47.0 Å². The highest BCUT2D eigenvalue weighted by molar-refractivity contribution is 7.00. The monoisotopic (exact) mass is 410 g/mol. The minimum Gasteiger partial charge on any atom is -0.506 e. The maximum Gasteiger partial charge on any atom is 0.328 e. The molecule has 2 rings (SSSR count). The van der Waals surface area contributed by atoms with Gasteiger partial charge in [-0.25, -0.2) is 9.59 Å². The molecule has 154 valence electrons. The van der Waals surface area contributed by atoms with E-state index < -0.39 is 20.3 Å². The normalized spacial score (nSPS) is 12.5. The fourth-order valence-corrected chi connectivity index (χ4v) is 7.94. The first-order chi connectivity index (χ1) is 13.7. The minimum atomic E-state index is -3.05. The van der Waals surface area contributed by atoms with Gasteiger partial charge in [0.05, 0.1) is 0 Å². The highest BCUT2D eigenvalue weighted by Gasteiger charge is 2.53. The molecule has 1 N–H and O–H groups in total. The third-order valence-electron chi connectivity index (χ3n) is 5.02. The van der Waals surface area contributed by atoms with Gasteiger partial charge in [0.1, 0.15) is 0 Å². The smallest absolute Gasteiger partial charge is 0.328 e. The lowest BCUT2D eigenvalue weighted by atomic mass is 10.1. The summed E-state index contributed by atoms with van der Waals surface area (Å²) in [6.45, 7) is 8.25.